The number of rotatable bonds is 3. The molecule has 158 valence electrons. The van der Waals surface area contributed by atoms with Crippen LogP contribution in [0.25, 0.3) is 0 Å². The van der Waals surface area contributed by atoms with E-state index in [1.807, 2.05) is 9.80 Å². The van der Waals surface area contributed by atoms with Crippen LogP contribution in [0.2, 0.25) is 5.02 Å². The van der Waals surface area contributed by atoms with E-state index in [0.717, 1.165) is 12.1 Å². The zero-order valence-corrected chi connectivity index (χ0v) is 16.7. The number of hydrogen-bond donors (Lipinski definition) is 0. The highest BCUT2D eigenvalue weighted by Crippen LogP contribution is 2.32. The second-order valence-corrected chi connectivity index (χ2v) is 7.77. The second-order valence-electron chi connectivity index (χ2n) is 7.33. The molecule has 1 atom stereocenters. The van der Waals surface area contributed by atoms with E-state index < -0.39 is 17.8 Å². The van der Waals surface area contributed by atoms with Crippen molar-refractivity contribution in [3.8, 4) is 0 Å². The molecular formula is C21H19ClF3N3O2. The standard InChI is InChI=1S/C21H19ClF3N3O2/c22-15-4-6-16(7-5-15)28-19(29)13-18(20(28)30)27-10-8-26(9-11-27)17-3-1-2-14(12-17)21(23,24)25/h1-7,12,18H,8-11,13H2/t18-/m1/s1. The third kappa shape index (κ3) is 4.02. The van der Waals surface area contributed by atoms with Gasteiger partial charge in [-0.25, -0.2) is 4.90 Å². The van der Waals surface area contributed by atoms with Gasteiger partial charge in [0.1, 0.15) is 0 Å². The molecule has 30 heavy (non-hydrogen) atoms. The predicted molar refractivity (Wildman–Crippen MR) is 108 cm³/mol. The van der Waals surface area contributed by atoms with Gasteiger partial charge in [0.25, 0.3) is 5.91 Å². The molecule has 0 aromatic heterocycles. The fraction of sp³-hybridized carbons (Fsp3) is 0.333. The summed E-state index contributed by atoms with van der Waals surface area (Å²) >= 11 is 5.88. The molecule has 2 aliphatic rings. The fourth-order valence-electron chi connectivity index (χ4n) is 3.93. The minimum absolute atomic E-state index is 0.0883. The molecule has 4 rings (SSSR count). The first-order chi connectivity index (χ1) is 14.2. The number of alkyl halides is 3. The molecule has 2 aromatic carbocycles. The summed E-state index contributed by atoms with van der Waals surface area (Å²) in [5.74, 6) is -0.553. The first-order valence-corrected chi connectivity index (χ1v) is 9.90. The van der Waals surface area contributed by atoms with Crippen molar-refractivity contribution in [1.82, 2.24) is 4.90 Å². The summed E-state index contributed by atoms with van der Waals surface area (Å²) in [5.41, 5.74) is 0.304. The van der Waals surface area contributed by atoms with Crippen LogP contribution >= 0.6 is 11.6 Å². The van der Waals surface area contributed by atoms with Crippen molar-refractivity contribution in [3.05, 3.63) is 59.1 Å². The molecule has 2 fully saturated rings. The van der Waals surface area contributed by atoms with Crippen molar-refractivity contribution < 1.29 is 22.8 Å². The van der Waals surface area contributed by atoms with Crippen molar-refractivity contribution in [2.45, 2.75) is 18.6 Å². The third-order valence-electron chi connectivity index (χ3n) is 5.50. The summed E-state index contributed by atoms with van der Waals surface area (Å²) in [6.07, 6.45) is -4.30. The molecule has 0 bridgehead atoms. The second kappa shape index (κ2) is 7.92. The SMILES string of the molecule is O=C1C[C@@H](N2CCN(c3cccc(C(F)(F)F)c3)CC2)C(=O)N1c1ccc(Cl)cc1. The number of benzene rings is 2. The molecule has 0 N–H and O–H groups in total. The summed E-state index contributed by atoms with van der Waals surface area (Å²) in [7, 11) is 0. The molecular weight excluding hydrogens is 419 g/mol. The van der Waals surface area contributed by atoms with Crippen LogP contribution in [0.15, 0.2) is 48.5 Å². The van der Waals surface area contributed by atoms with E-state index in [2.05, 4.69) is 0 Å². The maximum Gasteiger partial charge on any atom is 0.416 e. The van der Waals surface area contributed by atoms with Gasteiger partial charge in [-0.1, -0.05) is 17.7 Å². The van der Waals surface area contributed by atoms with Gasteiger partial charge >= 0.3 is 6.18 Å². The van der Waals surface area contributed by atoms with Gasteiger partial charge in [-0.05, 0) is 42.5 Å². The van der Waals surface area contributed by atoms with Crippen molar-refractivity contribution in [2.75, 3.05) is 36.0 Å². The maximum atomic E-state index is 13.0. The Morgan fingerprint density at radius 2 is 1.57 bits per heavy atom. The minimum atomic E-state index is -4.39. The van der Waals surface area contributed by atoms with Gasteiger partial charge in [-0.15, -0.1) is 0 Å². The van der Waals surface area contributed by atoms with Crippen LogP contribution in [0.1, 0.15) is 12.0 Å². The van der Waals surface area contributed by atoms with Gasteiger partial charge in [-0.2, -0.15) is 13.2 Å². The lowest BCUT2D eigenvalue weighted by Gasteiger charge is -2.38. The highest BCUT2D eigenvalue weighted by atomic mass is 35.5. The van der Waals surface area contributed by atoms with E-state index in [-0.39, 0.29) is 18.2 Å². The molecule has 2 aromatic rings. The number of carbonyl (C=O) groups is 2. The molecule has 0 unspecified atom stereocenters. The smallest absolute Gasteiger partial charge is 0.369 e. The number of hydrogen-bond acceptors (Lipinski definition) is 4. The van der Waals surface area contributed by atoms with Crippen LogP contribution in [-0.4, -0.2) is 48.9 Å². The van der Waals surface area contributed by atoms with Crippen molar-refractivity contribution in [2.24, 2.45) is 0 Å². The number of imide groups is 1. The Morgan fingerprint density at radius 3 is 2.20 bits per heavy atom. The lowest BCUT2D eigenvalue weighted by molar-refractivity contribution is -0.137. The number of nitrogens with zero attached hydrogens (tertiary/aromatic N) is 3. The predicted octanol–water partition coefficient (Wildman–Crippen LogP) is 3.81. The van der Waals surface area contributed by atoms with E-state index >= 15 is 0 Å². The maximum absolute atomic E-state index is 13.0. The summed E-state index contributed by atoms with van der Waals surface area (Å²) in [6.45, 7) is 1.91. The monoisotopic (exact) mass is 437 g/mol. The average Bonchev–Trinajstić information content (AvgIpc) is 3.02. The number of amides is 2. The molecule has 0 saturated carbocycles. The summed E-state index contributed by atoms with van der Waals surface area (Å²) in [5, 5.41) is 0.514. The zero-order valence-electron chi connectivity index (χ0n) is 15.9. The molecule has 0 radical (unpaired) electrons. The van der Waals surface area contributed by atoms with Gasteiger partial charge in [0.2, 0.25) is 5.91 Å². The van der Waals surface area contributed by atoms with Crippen molar-refractivity contribution in [3.63, 3.8) is 0 Å². The van der Waals surface area contributed by atoms with Gasteiger partial charge in [-0.3, -0.25) is 14.5 Å². The minimum Gasteiger partial charge on any atom is -0.369 e. The Bertz CT molecular complexity index is 957. The Labute approximate surface area is 176 Å². The summed E-state index contributed by atoms with van der Waals surface area (Å²) < 4.78 is 38.9. The van der Waals surface area contributed by atoms with E-state index in [0.29, 0.717) is 42.6 Å². The summed E-state index contributed by atoms with van der Waals surface area (Å²) in [6, 6.07) is 11.2. The quantitative estimate of drug-likeness (QED) is 0.685. The van der Waals surface area contributed by atoms with Crippen LogP contribution in [0, 0.1) is 0 Å². The molecule has 2 heterocycles. The lowest BCUT2D eigenvalue weighted by atomic mass is 10.1. The van der Waals surface area contributed by atoms with Gasteiger partial charge in [0, 0.05) is 36.9 Å². The van der Waals surface area contributed by atoms with Crippen LogP contribution in [-0.2, 0) is 15.8 Å². The summed E-state index contributed by atoms with van der Waals surface area (Å²) in [4.78, 5) is 30.3. The first-order valence-electron chi connectivity index (χ1n) is 9.52. The van der Waals surface area contributed by atoms with Crippen molar-refractivity contribution >= 4 is 34.8 Å². The molecule has 0 aliphatic carbocycles. The normalized spacial score (nSPS) is 20.9. The van der Waals surface area contributed by atoms with Gasteiger partial charge in [0.15, 0.2) is 0 Å². The molecule has 2 saturated heterocycles. The van der Waals surface area contributed by atoms with E-state index in [9.17, 15) is 22.8 Å². The Kier molecular flexibility index (Phi) is 5.46. The fourth-order valence-corrected chi connectivity index (χ4v) is 4.06. The van der Waals surface area contributed by atoms with E-state index in [4.69, 9.17) is 11.6 Å². The van der Waals surface area contributed by atoms with E-state index in [1.165, 1.54) is 11.0 Å². The highest BCUT2D eigenvalue weighted by Gasteiger charge is 2.43. The van der Waals surface area contributed by atoms with Crippen molar-refractivity contribution in [1.29, 1.82) is 0 Å². The molecule has 5 nitrogen and oxygen atoms in total. The number of halogens is 4. The Morgan fingerprint density at radius 1 is 0.900 bits per heavy atom. The topological polar surface area (TPSA) is 43.9 Å². The average molecular weight is 438 g/mol. The van der Waals surface area contributed by atoms with Crippen LogP contribution in [0.4, 0.5) is 24.5 Å². The highest BCUT2D eigenvalue weighted by molar-refractivity contribution is 6.30. The molecule has 2 aliphatic heterocycles. The first kappa shape index (κ1) is 20.7. The van der Waals surface area contributed by atoms with Crippen LogP contribution < -0.4 is 9.80 Å². The Hall–Kier alpha value is -2.58. The molecule has 2 amide bonds. The van der Waals surface area contributed by atoms with E-state index in [1.54, 1.807) is 30.3 Å². The number of piperazine rings is 1. The van der Waals surface area contributed by atoms with Crippen LogP contribution in [0.5, 0.6) is 0 Å². The largest absolute Gasteiger partial charge is 0.416 e. The number of carbonyl (C=O) groups excluding carboxylic acids is 2. The van der Waals surface area contributed by atoms with Gasteiger partial charge < -0.3 is 4.90 Å². The van der Waals surface area contributed by atoms with Gasteiger partial charge in [0.05, 0.1) is 23.7 Å². The van der Waals surface area contributed by atoms with Crippen LogP contribution in [0.3, 0.4) is 0 Å². The Balaban J connectivity index is 1.43. The number of anilines is 2. The lowest BCUT2D eigenvalue weighted by Crippen LogP contribution is -2.52. The zero-order chi connectivity index (χ0) is 21.5. The molecule has 0 spiro atoms. The third-order valence-corrected chi connectivity index (χ3v) is 5.75. The molecule has 9 heteroatoms.